The molecule has 5 aliphatic carbocycles. The van der Waals surface area contributed by atoms with Gasteiger partial charge in [0, 0.05) is 84.0 Å². The van der Waals surface area contributed by atoms with Crippen LogP contribution in [0.5, 0.6) is 0 Å². The lowest BCUT2D eigenvalue weighted by atomic mass is 9.79. The SMILES string of the molecule is C=C1CC(CC(C)C)CC=C1CCC(OC)OC.C=CCCC1=C(C)CC(CC(C)C)CC1.COC(CCC1=C(C)CC(CC(C)C)CC1)OC.COC(CCC1=C(C)CC(CC(C)C)CC1)OC.COC(CCC1=CCC(CC(C)C)C=C1C)OC.[2HH]. The molecule has 8 heteroatoms. The summed E-state index contributed by atoms with van der Waals surface area (Å²) in [6, 6.07) is 0. The molecular formula is C79H144O8. The average Bonchev–Trinajstić information content (AvgIpc) is 3.55. The van der Waals surface area contributed by atoms with Crippen LogP contribution in [0.15, 0.2) is 93.2 Å². The van der Waals surface area contributed by atoms with Crippen LogP contribution >= 0.6 is 0 Å². The Hall–Kier alpha value is -2.40. The monoisotopic (exact) mass is 1220 g/mol. The molecule has 0 aromatic carbocycles. The van der Waals surface area contributed by atoms with E-state index in [9.17, 15) is 0 Å². The van der Waals surface area contributed by atoms with E-state index in [1.807, 2.05) is 6.08 Å². The van der Waals surface area contributed by atoms with Crippen molar-refractivity contribution in [2.45, 2.75) is 295 Å². The molecule has 8 nitrogen and oxygen atoms in total. The summed E-state index contributed by atoms with van der Waals surface area (Å²) >= 11 is 0. The maximum Gasteiger partial charge on any atom is 0.157 e. The number of rotatable bonds is 33. The molecule has 5 unspecified atom stereocenters. The highest BCUT2D eigenvalue weighted by Crippen LogP contribution is 2.39. The standard InChI is InChI=1S/2C16H30O2.2C16H28O2.C15H26.H2/c4*1-12(2)10-14-6-7-15(13(3)11-14)8-9-16(17-4)18-5;1-5-6-7-15-9-8-14(10-12(2)3)11-13(15)4;/h2*12,14,16H,6-11H2,1-5H3;7,11-12,14,16H,6,8-10H2,1-5H3;7,12,14,16H,3,6,8-11H2,1-2,4-5H3;5,12,14H,1,6-11H2,2-4H3;1H/i;;;;;1+1. The number of hydrogen-bond acceptors (Lipinski definition) is 8. The van der Waals surface area contributed by atoms with Gasteiger partial charge in [-0.3, -0.25) is 0 Å². The van der Waals surface area contributed by atoms with Gasteiger partial charge in [-0.15, -0.1) is 6.58 Å². The first-order valence-corrected chi connectivity index (χ1v) is 35.0. The van der Waals surface area contributed by atoms with Gasteiger partial charge in [-0.2, -0.15) is 0 Å². The molecular weight excluding hydrogens is 1080 g/mol. The summed E-state index contributed by atoms with van der Waals surface area (Å²) in [6.07, 6.45) is 41.9. The van der Waals surface area contributed by atoms with Gasteiger partial charge in [-0.05, 0) is 246 Å². The summed E-state index contributed by atoms with van der Waals surface area (Å²) in [6.45, 7) is 40.4. The van der Waals surface area contributed by atoms with Gasteiger partial charge >= 0.3 is 0 Å². The summed E-state index contributed by atoms with van der Waals surface area (Å²) in [5, 5.41) is 0. The second-order valence-corrected chi connectivity index (χ2v) is 28.9. The summed E-state index contributed by atoms with van der Waals surface area (Å²) in [4.78, 5) is 0. The fraction of sp³-hybridized carbons (Fsp3) is 0.797. The van der Waals surface area contributed by atoms with E-state index < -0.39 is 0 Å². The second kappa shape index (κ2) is 48.4. The lowest BCUT2D eigenvalue weighted by Crippen LogP contribution is -2.15. The van der Waals surface area contributed by atoms with Gasteiger partial charge in [0.2, 0.25) is 0 Å². The Labute approximate surface area is 541 Å². The molecule has 0 spiro atoms. The van der Waals surface area contributed by atoms with Crippen LogP contribution in [0.25, 0.3) is 0 Å². The summed E-state index contributed by atoms with van der Waals surface area (Å²) in [5.41, 5.74) is 15.6. The number of allylic oxidation sites excluding steroid dienone is 14. The Bertz CT molecular complexity index is 1920. The first-order chi connectivity index (χ1) is 41.4. The van der Waals surface area contributed by atoms with Crippen molar-refractivity contribution < 1.29 is 39.3 Å². The Balaban J connectivity index is 0.00000107. The van der Waals surface area contributed by atoms with Gasteiger partial charge in [0.25, 0.3) is 0 Å². The van der Waals surface area contributed by atoms with E-state index in [0.717, 1.165) is 123 Å². The zero-order valence-corrected chi connectivity index (χ0v) is 61.2. The van der Waals surface area contributed by atoms with Crippen molar-refractivity contribution in [2.75, 3.05) is 56.9 Å². The number of hydrogen-bond donors (Lipinski definition) is 0. The minimum atomic E-state index is -0.0907. The Morgan fingerprint density at radius 2 is 0.747 bits per heavy atom. The zero-order chi connectivity index (χ0) is 65.4. The van der Waals surface area contributed by atoms with Crippen LogP contribution < -0.4 is 0 Å². The summed E-state index contributed by atoms with van der Waals surface area (Å²) in [5.74, 6) is 8.38. The van der Waals surface area contributed by atoms with Gasteiger partial charge < -0.3 is 37.9 Å². The average molecular weight is 1220 g/mol. The molecule has 0 aliphatic heterocycles. The van der Waals surface area contributed by atoms with E-state index in [1.165, 1.54) is 131 Å². The third kappa shape index (κ3) is 37.0. The van der Waals surface area contributed by atoms with Gasteiger partial charge in [-0.1, -0.05) is 145 Å². The molecule has 0 saturated carbocycles. The Kier molecular flexibility index (Phi) is 45.9. The number of ether oxygens (including phenoxy) is 8. The summed E-state index contributed by atoms with van der Waals surface area (Å²) < 4.78 is 41.9. The van der Waals surface area contributed by atoms with Gasteiger partial charge in [0.15, 0.2) is 25.2 Å². The molecule has 0 N–H and O–H groups in total. The van der Waals surface area contributed by atoms with E-state index in [0.29, 0.717) is 0 Å². The highest BCUT2D eigenvalue weighted by atomic mass is 16.7. The van der Waals surface area contributed by atoms with Gasteiger partial charge in [0.1, 0.15) is 0 Å². The normalized spacial score (nSPS) is 21.1. The molecule has 5 rings (SSSR count). The predicted octanol–water partition coefficient (Wildman–Crippen LogP) is 23.1. The summed E-state index contributed by atoms with van der Waals surface area (Å²) in [7, 11) is 13.6. The Morgan fingerprint density at radius 3 is 1.06 bits per heavy atom. The fourth-order valence-electron chi connectivity index (χ4n) is 14.4. The molecule has 0 aromatic rings. The molecule has 508 valence electrons. The molecule has 5 atom stereocenters. The largest absolute Gasteiger partial charge is 0.356 e. The molecule has 0 heterocycles. The molecule has 0 radical (unpaired) electrons. The van der Waals surface area contributed by atoms with E-state index in [4.69, 9.17) is 37.9 Å². The smallest absolute Gasteiger partial charge is 0.157 e. The first kappa shape index (κ1) is 82.6. The zero-order valence-electron chi connectivity index (χ0n) is 61.2. The van der Waals surface area contributed by atoms with Crippen molar-refractivity contribution in [1.29, 1.82) is 0 Å². The molecule has 0 bridgehead atoms. The lowest BCUT2D eigenvalue weighted by Gasteiger charge is -2.27. The lowest BCUT2D eigenvalue weighted by molar-refractivity contribution is -0.106. The van der Waals surface area contributed by atoms with Crippen LogP contribution in [0.1, 0.15) is 272 Å². The van der Waals surface area contributed by atoms with Crippen molar-refractivity contribution in [3.05, 3.63) is 93.2 Å². The van der Waals surface area contributed by atoms with Crippen molar-refractivity contribution in [2.24, 2.45) is 59.2 Å². The quantitative estimate of drug-likeness (QED) is 0.0475. The number of methoxy groups -OCH3 is 8. The first-order valence-electron chi connectivity index (χ1n) is 35.0. The van der Waals surface area contributed by atoms with Crippen LogP contribution in [-0.4, -0.2) is 82.0 Å². The second-order valence-electron chi connectivity index (χ2n) is 28.9. The van der Waals surface area contributed by atoms with Crippen molar-refractivity contribution in [3.63, 3.8) is 0 Å². The predicted molar refractivity (Wildman–Crippen MR) is 377 cm³/mol. The van der Waals surface area contributed by atoms with Gasteiger partial charge in [-0.25, -0.2) is 0 Å². The molecule has 0 amide bonds. The van der Waals surface area contributed by atoms with E-state index in [2.05, 4.69) is 128 Å². The topological polar surface area (TPSA) is 73.8 Å². The van der Waals surface area contributed by atoms with Crippen molar-refractivity contribution in [1.82, 2.24) is 0 Å². The highest BCUT2D eigenvalue weighted by Gasteiger charge is 2.24. The van der Waals surface area contributed by atoms with Crippen LogP contribution in [0, 0.1) is 59.2 Å². The molecule has 5 aliphatic rings. The minimum Gasteiger partial charge on any atom is -0.356 e. The molecule has 0 saturated heterocycles. The Morgan fingerprint density at radius 1 is 0.425 bits per heavy atom. The third-order valence-corrected chi connectivity index (χ3v) is 18.9. The van der Waals surface area contributed by atoms with E-state index in [-0.39, 0.29) is 26.6 Å². The van der Waals surface area contributed by atoms with Crippen molar-refractivity contribution in [3.8, 4) is 0 Å². The van der Waals surface area contributed by atoms with Crippen LogP contribution in [-0.2, 0) is 37.9 Å². The van der Waals surface area contributed by atoms with Crippen molar-refractivity contribution >= 4 is 0 Å². The minimum absolute atomic E-state index is 0. The molecule has 0 fully saturated rings. The highest BCUT2D eigenvalue weighted by molar-refractivity contribution is 5.33. The fourth-order valence-corrected chi connectivity index (χ4v) is 14.4. The van der Waals surface area contributed by atoms with Gasteiger partial charge in [0.05, 0.1) is 0 Å². The van der Waals surface area contributed by atoms with Crippen LogP contribution in [0.2, 0.25) is 0 Å². The van der Waals surface area contributed by atoms with Crippen LogP contribution in [0.3, 0.4) is 0 Å². The van der Waals surface area contributed by atoms with Crippen LogP contribution in [0.4, 0.5) is 0 Å². The third-order valence-electron chi connectivity index (χ3n) is 18.9. The van der Waals surface area contributed by atoms with E-state index in [1.54, 1.807) is 90.3 Å². The maximum atomic E-state index is 5.25. The molecule has 0 aromatic heterocycles. The maximum absolute atomic E-state index is 5.25. The molecule has 87 heavy (non-hydrogen) atoms. The van der Waals surface area contributed by atoms with E-state index >= 15 is 0 Å².